The fourth-order valence-corrected chi connectivity index (χ4v) is 8.32. The van der Waals surface area contributed by atoms with Crippen molar-refractivity contribution in [1.82, 2.24) is 31.5 Å². The van der Waals surface area contributed by atoms with Crippen LogP contribution >= 0.6 is 0 Å². The van der Waals surface area contributed by atoms with Crippen LogP contribution in [-0.4, -0.2) is 114 Å². The number of aliphatic carboxylic acids is 1. The number of guanidine groups is 1. The average Bonchev–Trinajstić information content (AvgIpc) is 3.77. The molecule has 62 heavy (non-hydrogen) atoms. The summed E-state index contributed by atoms with van der Waals surface area (Å²) in [5, 5.41) is 24.4. The molecule has 5 amide bonds. The van der Waals surface area contributed by atoms with E-state index in [0.29, 0.717) is 58.0 Å². The molecule has 1 saturated carbocycles. The molecule has 0 radical (unpaired) electrons. The van der Waals surface area contributed by atoms with E-state index in [2.05, 4.69) is 31.6 Å². The quantitative estimate of drug-likeness (QED) is 0.0389. The van der Waals surface area contributed by atoms with Crippen LogP contribution in [0, 0.1) is 5.92 Å². The maximum Gasteiger partial charge on any atom is 0.326 e. The van der Waals surface area contributed by atoms with Gasteiger partial charge in [0.05, 0.1) is 6.04 Å². The zero-order valence-electron chi connectivity index (χ0n) is 36.1. The van der Waals surface area contributed by atoms with Gasteiger partial charge in [-0.05, 0) is 88.4 Å². The summed E-state index contributed by atoms with van der Waals surface area (Å²) < 4.78 is 0. The van der Waals surface area contributed by atoms with Crippen LogP contribution in [0.4, 0.5) is 0 Å². The van der Waals surface area contributed by atoms with E-state index >= 15 is 0 Å². The normalized spacial score (nSPS) is 17.7. The molecule has 1 aliphatic heterocycles. The first-order valence-electron chi connectivity index (χ1n) is 22.1. The summed E-state index contributed by atoms with van der Waals surface area (Å²) in [5.74, 6) is -3.71. The van der Waals surface area contributed by atoms with E-state index in [0.717, 1.165) is 43.2 Å². The van der Waals surface area contributed by atoms with Crippen molar-refractivity contribution in [2.45, 2.75) is 133 Å². The molecule has 1 heterocycles. The summed E-state index contributed by atoms with van der Waals surface area (Å²) in [7, 11) is 1.70. The molecule has 0 unspecified atom stereocenters. The fourth-order valence-electron chi connectivity index (χ4n) is 8.32. The van der Waals surface area contributed by atoms with Crippen LogP contribution in [0.3, 0.4) is 0 Å². The van der Waals surface area contributed by atoms with Crippen LogP contribution in [-0.2, 0) is 41.6 Å². The van der Waals surface area contributed by atoms with Gasteiger partial charge in [-0.15, -0.1) is 0 Å². The van der Waals surface area contributed by atoms with Crippen molar-refractivity contribution >= 4 is 41.5 Å². The summed E-state index contributed by atoms with van der Waals surface area (Å²) >= 11 is 0. The summed E-state index contributed by atoms with van der Waals surface area (Å²) in [6, 6.07) is 12.7. The first-order valence-corrected chi connectivity index (χ1v) is 22.1. The SMILES string of the molecule is CN[C@@H](Cc1ccccc1)C(=O)N[C@@H](CCCCN)C(=O)N1CCC[C@H]1C(=O)N[C@H](CC1CCCCC1)C(=O)N[C@@H](Cc1ccccc1)C(=O)N[C@H](CCCN=C(N)N)C(=O)O. The van der Waals surface area contributed by atoms with Crippen LogP contribution in [0.15, 0.2) is 65.7 Å². The van der Waals surface area contributed by atoms with E-state index in [4.69, 9.17) is 17.2 Å². The number of carbonyl (C=O) groups excluding carboxylic acids is 5. The molecular weight excluding hydrogens is 793 g/mol. The number of carbonyl (C=O) groups is 6. The second kappa shape index (κ2) is 26.0. The van der Waals surface area contributed by atoms with Crippen molar-refractivity contribution in [2.75, 3.05) is 26.7 Å². The Morgan fingerprint density at radius 3 is 1.85 bits per heavy atom. The van der Waals surface area contributed by atoms with Crippen LogP contribution in [0.25, 0.3) is 0 Å². The summed E-state index contributed by atoms with van der Waals surface area (Å²) in [5.41, 5.74) is 18.3. The Labute approximate surface area is 365 Å². The Hall–Kier alpha value is -5.55. The average molecular weight is 861 g/mol. The summed E-state index contributed by atoms with van der Waals surface area (Å²) in [6.45, 7) is 0.902. The molecule has 2 fully saturated rings. The van der Waals surface area contributed by atoms with E-state index in [9.17, 15) is 33.9 Å². The number of benzene rings is 2. The molecule has 2 aromatic rings. The number of unbranched alkanes of at least 4 members (excludes halogenated alkanes) is 1. The first kappa shape index (κ1) is 49.1. The Morgan fingerprint density at radius 2 is 1.26 bits per heavy atom. The molecule has 17 nitrogen and oxygen atoms in total. The lowest BCUT2D eigenvalue weighted by molar-refractivity contribution is -0.143. The summed E-state index contributed by atoms with van der Waals surface area (Å²) in [6.07, 6.45) is 8.46. The smallest absolute Gasteiger partial charge is 0.326 e. The van der Waals surface area contributed by atoms with E-state index in [1.807, 2.05) is 36.4 Å². The number of nitrogens with one attached hydrogen (secondary N) is 5. The molecule has 0 aromatic heterocycles. The maximum absolute atomic E-state index is 14.4. The minimum absolute atomic E-state index is 0.0438. The van der Waals surface area contributed by atoms with E-state index in [1.54, 1.807) is 31.3 Å². The second-order valence-electron chi connectivity index (χ2n) is 16.5. The van der Waals surface area contributed by atoms with Crippen molar-refractivity contribution in [3.8, 4) is 0 Å². The highest BCUT2D eigenvalue weighted by molar-refractivity contribution is 5.96. The van der Waals surface area contributed by atoms with Crippen molar-refractivity contribution < 1.29 is 33.9 Å². The van der Waals surface area contributed by atoms with Gasteiger partial charge in [0, 0.05) is 19.5 Å². The van der Waals surface area contributed by atoms with Gasteiger partial charge in [0.2, 0.25) is 29.5 Å². The third-order valence-electron chi connectivity index (χ3n) is 11.7. The molecule has 340 valence electrons. The molecule has 12 N–H and O–H groups in total. The Morgan fingerprint density at radius 1 is 0.694 bits per heavy atom. The predicted octanol–water partition coefficient (Wildman–Crippen LogP) is 1.23. The molecule has 1 saturated heterocycles. The zero-order chi connectivity index (χ0) is 44.9. The fraction of sp³-hybridized carbons (Fsp3) is 0.578. The molecule has 6 atom stereocenters. The van der Waals surface area contributed by atoms with Gasteiger partial charge >= 0.3 is 5.97 Å². The Balaban J connectivity index is 1.53. The van der Waals surface area contributed by atoms with Crippen LogP contribution in [0.1, 0.15) is 94.6 Å². The van der Waals surface area contributed by atoms with E-state index in [-0.39, 0.29) is 49.5 Å². The number of aliphatic imine (C=N–C) groups is 1. The van der Waals surface area contributed by atoms with Crippen molar-refractivity contribution in [2.24, 2.45) is 28.1 Å². The highest BCUT2D eigenvalue weighted by Gasteiger charge is 2.40. The van der Waals surface area contributed by atoms with Gasteiger partial charge in [-0.2, -0.15) is 0 Å². The Kier molecular flexibility index (Phi) is 20.6. The number of carboxylic acid groups (broad SMARTS) is 1. The van der Waals surface area contributed by atoms with Gasteiger partial charge < -0.3 is 53.8 Å². The molecule has 2 aromatic carbocycles. The highest BCUT2D eigenvalue weighted by Crippen LogP contribution is 2.28. The molecule has 0 bridgehead atoms. The van der Waals surface area contributed by atoms with E-state index in [1.165, 1.54) is 4.90 Å². The highest BCUT2D eigenvalue weighted by atomic mass is 16.4. The van der Waals surface area contributed by atoms with Crippen molar-refractivity contribution in [1.29, 1.82) is 0 Å². The molecular formula is C45H68N10O7. The molecule has 2 aliphatic rings. The number of hydrogen-bond donors (Lipinski definition) is 9. The summed E-state index contributed by atoms with van der Waals surface area (Å²) in [4.78, 5) is 88.1. The molecule has 4 rings (SSSR count). The van der Waals surface area contributed by atoms with Crippen LogP contribution < -0.4 is 43.8 Å². The van der Waals surface area contributed by atoms with Gasteiger partial charge in [-0.25, -0.2) is 4.79 Å². The number of likely N-dealkylation sites (N-methyl/N-ethyl adjacent to an activating group) is 1. The van der Waals surface area contributed by atoms with E-state index < -0.39 is 59.9 Å². The number of amides is 5. The van der Waals surface area contributed by atoms with Gasteiger partial charge in [0.1, 0.15) is 30.2 Å². The molecule has 0 spiro atoms. The number of nitrogens with zero attached hydrogens (tertiary/aromatic N) is 2. The third-order valence-corrected chi connectivity index (χ3v) is 11.7. The van der Waals surface area contributed by atoms with Gasteiger partial charge in [-0.1, -0.05) is 92.8 Å². The lowest BCUT2D eigenvalue weighted by atomic mass is 9.84. The minimum Gasteiger partial charge on any atom is -0.480 e. The first-order chi connectivity index (χ1) is 29.9. The number of rotatable bonds is 25. The zero-order valence-corrected chi connectivity index (χ0v) is 36.1. The number of nitrogens with two attached hydrogens (primary N) is 3. The van der Waals surface area contributed by atoms with Gasteiger partial charge in [0.15, 0.2) is 5.96 Å². The molecule has 17 heteroatoms. The van der Waals surface area contributed by atoms with Crippen LogP contribution in [0.2, 0.25) is 0 Å². The largest absolute Gasteiger partial charge is 0.480 e. The van der Waals surface area contributed by atoms with Crippen molar-refractivity contribution in [3.05, 3.63) is 71.8 Å². The standard InChI is InChI=1S/C45H68N10O7/c1-49-35(27-30-15-5-2-6-16-30)39(56)51-33(21-11-12-24-46)43(60)55-26-14-23-38(55)42(59)54-37(29-32-19-9-4-10-20-32)41(58)53-36(28-31-17-7-3-8-18-31)40(57)52-34(44(61)62)22-13-25-50-45(47)48/h2-3,5-8,15-18,32-38,49H,4,9-14,19-29,46H2,1H3,(H,51,56)(H,52,57)(H,53,58)(H,54,59)(H,61,62)(H4,47,48,50)/t33-,34+,35-,36-,37+,38-/m0/s1. The van der Waals surface area contributed by atoms with Gasteiger partial charge in [-0.3, -0.25) is 29.0 Å². The maximum atomic E-state index is 14.4. The lowest BCUT2D eigenvalue weighted by Crippen LogP contribution is -2.59. The number of carboxylic acids is 1. The van der Waals surface area contributed by atoms with Crippen molar-refractivity contribution in [3.63, 3.8) is 0 Å². The molecule has 1 aliphatic carbocycles. The lowest BCUT2D eigenvalue weighted by Gasteiger charge is -2.32. The minimum atomic E-state index is -1.27. The van der Waals surface area contributed by atoms with Gasteiger partial charge in [0.25, 0.3) is 0 Å². The predicted molar refractivity (Wildman–Crippen MR) is 237 cm³/mol. The Bertz CT molecular complexity index is 1770. The topological polar surface area (TPSA) is 276 Å². The monoisotopic (exact) mass is 861 g/mol. The third kappa shape index (κ3) is 16.0. The number of hydrogen-bond acceptors (Lipinski definition) is 9. The van der Waals surface area contributed by atoms with Crippen LogP contribution in [0.5, 0.6) is 0 Å². The number of likely N-dealkylation sites (tertiary alicyclic amines) is 1. The second-order valence-corrected chi connectivity index (χ2v) is 16.5.